The van der Waals surface area contributed by atoms with E-state index in [1.54, 1.807) is 18.5 Å². The van der Waals surface area contributed by atoms with Crippen LogP contribution in [0.25, 0.3) is 0 Å². The molecule has 2 rings (SSSR count). The van der Waals surface area contributed by atoms with Crippen molar-refractivity contribution in [2.75, 3.05) is 0 Å². The monoisotopic (exact) mass is 375 g/mol. The summed E-state index contributed by atoms with van der Waals surface area (Å²) < 4.78 is 5.91. The predicted octanol–water partition coefficient (Wildman–Crippen LogP) is 3.71. The van der Waals surface area contributed by atoms with Crippen LogP contribution in [0.1, 0.15) is 38.3 Å². The number of nitrogens with zero attached hydrogens (tertiary/aromatic N) is 1. The summed E-state index contributed by atoms with van der Waals surface area (Å²) in [5.74, 6) is 0.722. The van der Waals surface area contributed by atoms with Gasteiger partial charge in [0.2, 0.25) is 5.91 Å². The topological polar surface area (TPSA) is 63.2 Å². The van der Waals surface area contributed by atoms with E-state index in [0.717, 1.165) is 23.3 Å². The van der Waals surface area contributed by atoms with E-state index in [1.807, 2.05) is 45.0 Å². The molecule has 1 heterocycles. The second-order valence-corrected chi connectivity index (χ2v) is 6.76. The molecule has 0 aliphatic heterocycles. The maximum absolute atomic E-state index is 12.2. The summed E-state index contributed by atoms with van der Waals surface area (Å²) in [6.45, 7) is 6.79. The Labute approximate surface area is 160 Å². The second-order valence-electron chi connectivity index (χ2n) is 6.32. The molecule has 1 aromatic heterocycles. The first-order valence-corrected chi connectivity index (χ1v) is 9.21. The summed E-state index contributed by atoms with van der Waals surface area (Å²) in [5.41, 5.74) is 1.90. The highest BCUT2D eigenvalue weighted by Crippen LogP contribution is 2.24. The van der Waals surface area contributed by atoms with Gasteiger partial charge in [0, 0.05) is 41.1 Å². The molecule has 0 saturated carbocycles. The zero-order valence-electron chi connectivity index (χ0n) is 15.5. The fourth-order valence-corrected chi connectivity index (χ4v) is 2.49. The van der Waals surface area contributed by atoms with E-state index in [1.165, 1.54) is 0 Å². The van der Waals surface area contributed by atoms with Gasteiger partial charge in [-0.25, -0.2) is 0 Å². The molecule has 2 atom stereocenters. The molecule has 0 saturated heterocycles. The Morgan fingerprint density at radius 1 is 1.31 bits per heavy atom. The van der Waals surface area contributed by atoms with E-state index in [0.29, 0.717) is 18.2 Å². The Morgan fingerprint density at radius 3 is 2.81 bits per heavy atom. The van der Waals surface area contributed by atoms with E-state index in [4.69, 9.17) is 16.3 Å². The molecule has 0 spiro atoms. The third kappa shape index (κ3) is 6.32. The van der Waals surface area contributed by atoms with Gasteiger partial charge in [-0.2, -0.15) is 0 Å². The minimum absolute atomic E-state index is 0.0146. The largest absolute Gasteiger partial charge is 0.489 e. The Morgan fingerprint density at radius 2 is 2.12 bits per heavy atom. The summed E-state index contributed by atoms with van der Waals surface area (Å²) in [5, 5.41) is 6.84. The molecule has 0 radical (unpaired) electrons. The number of carbonyl (C=O) groups excluding carboxylic acids is 1. The number of ether oxygens (including phenoxy) is 1. The van der Waals surface area contributed by atoms with Gasteiger partial charge in [-0.05, 0) is 44.5 Å². The molecule has 2 unspecified atom stereocenters. The first-order valence-electron chi connectivity index (χ1n) is 8.83. The van der Waals surface area contributed by atoms with Crippen molar-refractivity contribution in [3.63, 3.8) is 0 Å². The quantitative estimate of drug-likeness (QED) is 0.701. The molecule has 2 N–H and O–H groups in total. The minimum Gasteiger partial charge on any atom is -0.489 e. The number of hydrogen-bond acceptors (Lipinski definition) is 4. The van der Waals surface area contributed by atoms with Gasteiger partial charge in [-0.15, -0.1) is 0 Å². The van der Waals surface area contributed by atoms with Gasteiger partial charge >= 0.3 is 0 Å². The van der Waals surface area contributed by atoms with Crippen LogP contribution in [-0.2, 0) is 17.9 Å². The molecule has 0 bridgehead atoms. The molecule has 1 amide bonds. The van der Waals surface area contributed by atoms with Crippen molar-refractivity contribution in [2.24, 2.45) is 0 Å². The van der Waals surface area contributed by atoms with Crippen LogP contribution in [0.15, 0.2) is 42.7 Å². The van der Waals surface area contributed by atoms with E-state index in [2.05, 4.69) is 15.6 Å². The fraction of sp³-hybridized carbons (Fsp3) is 0.400. The van der Waals surface area contributed by atoms with E-state index in [9.17, 15) is 4.79 Å². The highest BCUT2D eigenvalue weighted by Gasteiger charge is 2.15. The van der Waals surface area contributed by atoms with Crippen molar-refractivity contribution >= 4 is 17.5 Å². The van der Waals surface area contributed by atoms with Crippen LogP contribution in [-0.4, -0.2) is 23.0 Å². The van der Waals surface area contributed by atoms with Crippen LogP contribution >= 0.6 is 11.6 Å². The van der Waals surface area contributed by atoms with Crippen molar-refractivity contribution in [1.29, 1.82) is 0 Å². The van der Waals surface area contributed by atoms with E-state index in [-0.39, 0.29) is 18.0 Å². The average molecular weight is 376 g/mol. The van der Waals surface area contributed by atoms with Gasteiger partial charge in [0.25, 0.3) is 0 Å². The molecule has 2 aromatic rings. The number of carbonyl (C=O) groups is 1. The Bertz CT molecular complexity index is 709. The van der Waals surface area contributed by atoms with Crippen LogP contribution in [0.5, 0.6) is 5.75 Å². The molecule has 6 heteroatoms. The van der Waals surface area contributed by atoms with Crippen LogP contribution in [0.3, 0.4) is 0 Å². The minimum atomic E-state index is -0.311. The molecule has 140 valence electrons. The van der Waals surface area contributed by atoms with Gasteiger partial charge in [-0.3, -0.25) is 9.78 Å². The van der Waals surface area contributed by atoms with Crippen molar-refractivity contribution in [3.8, 4) is 5.75 Å². The number of pyridine rings is 1. The Balaban J connectivity index is 1.97. The first kappa shape index (κ1) is 20.2. The average Bonchev–Trinajstić information content (AvgIpc) is 2.65. The third-order valence-electron chi connectivity index (χ3n) is 4.13. The summed E-state index contributed by atoms with van der Waals surface area (Å²) in [6.07, 6.45) is 4.40. The number of benzene rings is 1. The summed E-state index contributed by atoms with van der Waals surface area (Å²) >= 11 is 6.13. The molecule has 0 fully saturated rings. The number of nitrogens with one attached hydrogen (secondary N) is 2. The first-order chi connectivity index (χ1) is 12.5. The molecule has 0 aliphatic carbocycles. The van der Waals surface area contributed by atoms with Crippen molar-refractivity contribution < 1.29 is 9.53 Å². The number of hydrogen-bond donors (Lipinski definition) is 2. The smallest absolute Gasteiger partial charge is 0.237 e. The second kappa shape index (κ2) is 10.1. The molecule has 5 nitrogen and oxygen atoms in total. The lowest BCUT2D eigenvalue weighted by Gasteiger charge is -2.18. The zero-order valence-corrected chi connectivity index (χ0v) is 16.2. The van der Waals surface area contributed by atoms with Gasteiger partial charge in [0.1, 0.15) is 12.4 Å². The maximum Gasteiger partial charge on any atom is 0.237 e. The third-order valence-corrected chi connectivity index (χ3v) is 4.37. The number of aromatic nitrogens is 1. The van der Waals surface area contributed by atoms with Gasteiger partial charge in [0.05, 0.1) is 6.04 Å². The Kier molecular flexibility index (Phi) is 7.88. The van der Waals surface area contributed by atoms with Crippen LogP contribution in [0.4, 0.5) is 0 Å². The molecule has 1 aromatic carbocycles. The highest BCUT2D eigenvalue weighted by atomic mass is 35.5. The molecule has 26 heavy (non-hydrogen) atoms. The number of rotatable bonds is 9. The van der Waals surface area contributed by atoms with Crippen molar-refractivity contribution in [1.82, 2.24) is 15.6 Å². The van der Waals surface area contributed by atoms with E-state index >= 15 is 0 Å². The lowest BCUT2D eigenvalue weighted by Crippen LogP contribution is -2.45. The van der Waals surface area contributed by atoms with Gasteiger partial charge in [-0.1, -0.05) is 24.6 Å². The molecule has 0 aliphatic rings. The fourth-order valence-electron chi connectivity index (χ4n) is 2.30. The van der Waals surface area contributed by atoms with Gasteiger partial charge in [0.15, 0.2) is 0 Å². The molecular weight excluding hydrogens is 350 g/mol. The number of halogens is 1. The van der Waals surface area contributed by atoms with Crippen LogP contribution in [0.2, 0.25) is 5.02 Å². The summed E-state index contributed by atoms with van der Waals surface area (Å²) in [4.78, 5) is 16.2. The molecular formula is C20H26ClN3O2. The lowest BCUT2D eigenvalue weighted by molar-refractivity contribution is -0.123. The van der Waals surface area contributed by atoms with Crippen molar-refractivity contribution in [3.05, 3.63) is 58.9 Å². The normalized spacial score (nSPS) is 13.1. The summed E-state index contributed by atoms with van der Waals surface area (Å²) in [7, 11) is 0. The maximum atomic E-state index is 12.2. The number of amides is 1. The van der Waals surface area contributed by atoms with Crippen molar-refractivity contribution in [2.45, 2.75) is 52.4 Å². The standard InChI is InChI=1S/C20H26ClN3O2/c1-4-14(2)24-20(25)15(3)23-12-17-10-18(21)7-8-19(17)26-13-16-6-5-9-22-11-16/h5-11,14-15,23H,4,12-13H2,1-3H3,(H,24,25). The van der Waals surface area contributed by atoms with Gasteiger partial charge < -0.3 is 15.4 Å². The van der Waals surface area contributed by atoms with Crippen LogP contribution < -0.4 is 15.4 Å². The van der Waals surface area contributed by atoms with Crippen LogP contribution in [0, 0.1) is 0 Å². The van der Waals surface area contributed by atoms with E-state index < -0.39 is 0 Å². The highest BCUT2D eigenvalue weighted by molar-refractivity contribution is 6.30. The zero-order chi connectivity index (χ0) is 18.9. The Hall–Kier alpha value is -2.11. The lowest BCUT2D eigenvalue weighted by atomic mass is 10.1. The SMILES string of the molecule is CCC(C)NC(=O)C(C)NCc1cc(Cl)ccc1OCc1cccnc1. The predicted molar refractivity (Wildman–Crippen MR) is 104 cm³/mol. The summed E-state index contributed by atoms with van der Waals surface area (Å²) in [6, 6.07) is 9.18.